The van der Waals surface area contributed by atoms with Gasteiger partial charge in [-0.3, -0.25) is 4.79 Å². The van der Waals surface area contributed by atoms with Crippen molar-refractivity contribution in [1.29, 1.82) is 0 Å². The van der Waals surface area contributed by atoms with E-state index in [2.05, 4.69) is 17.1 Å². The highest BCUT2D eigenvalue weighted by molar-refractivity contribution is 6.00. The van der Waals surface area contributed by atoms with E-state index in [9.17, 15) is 4.79 Å². The maximum absolute atomic E-state index is 12.1. The maximum Gasteiger partial charge on any atom is 0.271 e. The molecular weight excluding hydrogens is 288 g/mol. The van der Waals surface area contributed by atoms with Crippen molar-refractivity contribution in [3.05, 3.63) is 77.9 Å². The second-order valence-electron chi connectivity index (χ2n) is 5.13. The van der Waals surface area contributed by atoms with Crippen LogP contribution in [-0.2, 0) is 0 Å². The van der Waals surface area contributed by atoms with E-state index in [4.69, 9.17) is 4.74 Å². The lowest BCUT2D eigenvalue weighted by Gasteiger charge is -2.05. The summed E-state index contributed by atoms with van der Waals surface area (Å²) in [6, 6.07) is 14.9. The first kappa shape index (κ1) is 16.5. The topological polar surface area (TPSA) is 50.7 Å². The average molecular weight is 308 g/mol. The molecule has 0 spiro atoms. The first-order valence-electron chi connectivity index (χ1n) is 7.35. The van der Waals surface area contributed by atoms with Crippen LogP contribution in [-0.4, -0.2) is 18.2 Å². The van der Waals surface area contributed by atoms with Crippen LogP contribution >= 0.6 is 0 Å². The predicted octanol–water partition coefficient (Wildman–Crippen LogP) is 3.71. The van der Waals surface area contributed by atoms with Crippen LogP contribution in [0.1, 0.15) is 28.4 Å². The second-order valence-corrected chi connectivity index (χ2v) is 5.13. The summed E-state index contributed by atoms with van der Waals surface area (Å²) in [5.74, 6) is 0.438. The molecule has 2 aromatic carbocycles. The summed E-state index contributed by atoms with van der Waals surface area (Å²) in [5.41, 5.74) is 6.01. The molecule has 0 bridgehead atoms. The fraction of sp³-hybridized carbons (Fsp3) is 0.158. The molecule has 2 aromatic rings. The molecule has 0 aliphatic rings. The minimum absolute atomic E-state index is 0.258. The summed E-state index contributed by atoms with van der Waals surface area (Å²) >= 11 is 0. The number of nitrogens with zero attached hydrogens (tertiary/aromatic N) is 1. The number of nitrogens with one attached hydrogen (secondary N) is 1. The lowest BCUT2D eigenvalue weighted by atomic mass is 10.1. The van der Waals surface area contributed by atoms with Crippen LogP contribution in [0.3, 0.4) is 0 Å². The summed E-state index contributed by atoms with van der Waals surface area (Å²) in [5, 5.41) is 4.14. The van der Waals surface area contributed by atoms with E-state index >= 15 is 0 Å². The van der Waals surface area contributed by atoms with Crippen molar-refractivity contribution in [2.24, 2.45) is 5.10 Å². The van der Waals surface area contributed by atoms with Gasteiger partial charge in [0.15, 0.2) is 0 Å². The Bertz CT molecular complexity index is 701. The zero-order chi connectivity index (χ0) is 16.7. The highest BCUT2D eigenvalue weighted by Crippen LogP contribution is 2.12. The molecule has 0 fully saturated rings. The van der Waals surface area contributed by atoms with Crippen molar-refractivity contribution in [3.63, 3.8) is 0 Å². The van der Waals surface area contributed by atoms with Gasteiger partial charge in [-0.05, 0) is 43.7 Å². The summed E-state index contributed by atoms with van der Waals surface area (Å²) < 4.78 is 5.38. The van der Waals surface area contributed by atoms with E-state index in [0.29, 0.717) is 17.9 Å². The number of carbonyl (C=O) groups is 1. The Hall–Kier alpha value is -2.88. The molecule has 0 aromatic heterocycles. The number of ether oxygens (including phenoxy) is 1. The van der Waals surface area contributed by atoms with Gasteiger partial charge < -0.3 is 4.74 Å². The molecule has 4 nitrogen and oxygen atoms in total. The van der Waals surface area contributed by atoms with E-state index in [-0.39, 0.29) is 5.91 Å². The van der Waals surface area contributed by atoms with Crippen molar-refractivity contribution < 1.29 is 9.53 Å². The molecular formula is C19H20N2O2. The zero-order valence-electron chi connectivity index (χ0n) is 13.4. The fourth-order valence-electron chi connectivity index (χ4n) is 1.92. The molecule has 0 saturated carbocycles. The van der Waals surface area contributed by atoms with Crippen LogP contribution in [0, 0.1) is 6.92 Å². The predicted molar refractivity (Wildman–Crippen MR) is 93.0 cm³/mol. The SMILES string of the molecule is C=CCOc1ccc(C(=O)NN=C(C)c2ccc(C)cc2)cc1. The number of hydrogen-bond acceptors (Lipinski definition) is 3. The van der Waals surface area contributed by atoms with Crippen LogP contribution in [0.15, 0.2) is 66.3 Å². The van der Waals surface area contributed by atoms with E-state index in [0.717, 1.165) is 11.3 Å². The highest BCUT2D eigenvalue weighted by Gasteiger charge is 2.05. The fourth-order valence-corrected chi connectivity index (χ4v) is 1.92. The van der Waals surface area contributed by atoms with Gasteiger partial charge in [0, 0.05) is 5.56 Å². The Morgan fingerprint density at radius 1 is 1.13 bits per heavy atom. The molecule has 23 heavy (non-hydrogen) atoms. The third-order valence-corrected chi connectivity index (χ3v) is 3.28. The Morgan fingerprint density at radius 2 is 1.74 bits per heavy atom. The quantitative estimate of drug-likeness (QED) is 0.502. The van der Waals surface area contributed by atoms with Gasteiger partial charge >= 0.3 is 0 Å². The Morgan fingerprint density at radius 3 is 2.35 bits per heavy atom. The first-order valence-corrected chi connectivity index (χ1v) is 7.35. The smallest absolute Gasteiger partial charge is 0.271 e. The standard InChI is InChI=1S/C19H20N2O2/c1-4-13-23-18-11-9-17(10-12-18)19(22)21-20-15(3)16-7-5-14(2)6-8-16/h4-12H,1,13H2,2-3H3,(H,21,22). The molecule has 2 rings (SSSR count). The zero-order valence-corrected chi connectivity index (χ0v) is 13.4. The first-order chi connectivity index (χ1) is 11.1. The average Bonchev–Trinajstić information content (AvgIpc) is 2.58. The molecule has 0 radical (unpaired) electrons. The molecule has 1 amide bonds. The highest BCUT2D eigenvalue weighted by atomic mass is 16.5. The Kier molecular flexibility index (Phi) is 5.69. The molecule has 0 heterocycles. The van der Waals surface area contributed by atoms with Crippen LogP contribution < -0.4 is 10.2 Å². The molecule has 0 atom stereocenters. The van der Waals surface area contributed by atoms with Crippen molar-refractivity contribution in [1.82, 2.24) is 5.43 Å². The number of rotatable bonds is 6. The molecule has 118 valence electrons. The van der Waals surface area contributed by atoms with Gasteiger partial charge in [0.1, 0.15) is 12.4 Å². The number of amides is 1. The van der Waals surface area contributed by atoms with Crippen molar-refractivity contribution >= 4 is 11.6 Å². The number of carbonyl (C=O) groups excluding carboxylic acids is 1. The van der Waals surface area contributed by atoms with Gasteiger partial charge in [0.25, 0.3) is 5.91 Å². The summed E-state index contributed by atoms with van der Waals surface area (Å²) in [4.78, 5) is 12.1. The molecule has 0 saturated heterocycles. The van der Waals surface area contributed by atoms with Crippen LogP contribution in [0.5, 0.6) is 5.75 Å². The lowest BCUT2D eigenvalue weighted by molar-refractivity contribution is 0.0955. The van der Waals surface area contributed by atoms with Crippen molar-refractivity contribution in [3.8, 4) is 5.75 Å². The molecule has 1 N–H and O–H groups in total. The summed E-state index contributed by atoms with van der Waals surface area (Å²) in [7, 11) is 0. The van der Waals surface area contributed by atoms with Gasteiger partial charge in [-0.15, -0.1) is 0 Å². The molecule has 0 aliphatic heterocycles. The van der Waals surface area contributed by atoms with Crippen molar-refractivity contribution in [2.75, 3.05) is 6.61 Å². The van der Waals surface area contributed by atoms with Crippen molar-refractivity contribution in [2.45, 2.75) is 13.8 Å². The van der Waals surface area contributed by atoms with Gasteiger partial charge in [-0.2, -0.15) is 5.10 Å². The minimum Gasteiger partial charge on any atom is -0.490 e. The van der Waals surface area contributed by atoms with Gasteiger partial charge in [0.05, 0.1) is 5.71 Å². The second kappa shape index (κ2) is 7.94. The number of hydrazone groups is 1. The number of aryl methyl sites for hydroxylation is 1. The normalized spacial score (nSPS) is 11.0. The van der Waals surface area contributed by atoms with Gasteiger partial charge in [0.2, 0.25) is 0 Å². The number of benzene rings is 2. The molecule has 0 aliphatic carbocycles. The maximum atomic E-state index is 12.1. The van der Waals surface area contributed by atoms with Crippen LogP contribution in [0.25, 0.3) is 0 Å². The van der Waals surface area contributed by atoms with Crippen LogP contribution in [0.4, 0.5) is 0 Å². The third kappa shape index (κ3) is 4.81. The molecule has 0 unspecified atom stereocenters. The van der Waals surface area contributed by atoms with Gasteiger partial charge in [-0.25, -0.2) is 5.43 Å². The minimum atomic E-state index is -0.258. The molecule has 4 heteroatoms. The largest absolute Gasteiger partial charge is 0.490 e. The Labute approximate surface area is 136 Å². The van der Waals surface area contributed by atoms with E-state index < -0.39 is 0 Å². The third-order valence-electron chi connectivity index (χ3n) is 3.28. The number of hydrogen-bond donors (Lipinski definition) is 1. The monoisotopic (exact) mass is 308 g/mol. The summed E-state index contributed by atoms with van der Waals surface area (Å²) in [6.45, 7) is 7.91. The summed E-state index contributed by atoms with van der Waals surface area (Å²) in [6.07, 6.45) is 1.67. The van der Waals surface area contributed by atoms with Gasteiger partial charge in [-0.1, -0.05) is 42.5 Å². The van der Waals surface area contributed by atoms with E-state index in [1.54, 1.807) is 30.3 Å². The lowest BCUT2D eigenvalue weighted by Crippen LogP contribution is -2.19. The van der Waals surface area contributed by atoms with Crippen LogP contribution in [0.2, 0.25) is 0 Å². The van der Waals surface area contributed by atoms with E-state index in [1.807, 2.05) is 38.1 Å². The Balaban J connectivity index is 1.99. The van der Waals surface area contributed by atoms with E-state index in [1.165, 1.54) is 5.56 Å².